The number of carbonyl (C=O) groups excluding carboxylic acids is 1. The number of rotatable bonds is 10. The first kappa shape index (κ1) is 22.0. The fourth-order valence-electron chi connectivity index (χ4n) is 4.16. The van der Waals surface area contributed by atoms with Crippen molar-refractivity contribution in [2.24, 2.45) is 16.6 Å². The Hall–Kier alpha value is -1.34. The van der Waals surface area contributed by atoms with Crippen LogP contribution < -0.4 is 16.4 Å². The summed E-state index contributed by atoms with van der Waals surface area (Å²) in [4.78, 5) is 21.0. The molecule has 0 bridgehead atoms. The minimum Gasteiger partial charge on any atom is -0.369 e. The zero-order valence-corrected chi connectivity index (χ0v) is 17.4. The SMILES string of the molecule is CCNC(=NCC1CCCN1CC)NCCCCN1CCC(C(N)=O)CC1. The van der Waals surface area contributed by atoms with Crippen LogP contribution in [0.1, 0.15) is 52.4 Å². The number of hydrogen-bond donors (Lipinski definition) is 3. The summed E-state index contributed by atoms with van der Waals surface area (Å²) in [5, 5.41) is 6.84. The number of hydrogen-bond acceptors (Lipinski definition) is 4. The first-order chi connectivity index (χ1) is 13.1. The molecule has 0 aromatic heterocycles. The van der Waals surface area contributed by atoms with Gasteiger partial charge in [0.1, 0.15) is 0 Å². The summed E-state index contributed by atoms with van der Waals surface area (Å²) in [6.07, 6.45) is 6.70. The highest BCUT2D eigenvalue weighted by Gasteiger charge is 2.23. The van der Waals surface area contributed by atoms with Crippen molar-refractivity contribution in [3.63, 3.8) is 0 Å². The summed E-state index contributed by atoms with van der Waals surface area (Å²) in [6.45, 7) is 12.5. The van der Waals surface area contributed by atoms with Crippen LogP contribution in [0.15, 0.2) is 4.99 Å². The Bertz CT molecular complexity index is 461. The molecule has 1 amide bonds. The van der Waals surface area contributed by atoms with Gasteiger partial charge in [0.2, 0.25) is 5.91 Å². The molecule has 2 saturated heterocycles. The number of likely N-dealkylation sites (N-methyl/N-ethyl adjacent to an activating group) is 1. The van der Waals surface area contributed by atoms with Crippen molar-refractivity contribution in [2.45, 2.75) is 58.4 Å². The number of guanidine groups is 1. The van der Waals surface area contributed by atoms with E-state index in [0.29, 0.717) is 6.04 Å². The second-order valence-electron chi connectivity index (χ2n) is 7.80. The van der Waals surface area contributed by atoms with E-state index in [1.54, 1.807) is 0 Å². The van der Waals surface area contributed by atoms with E-state index >= 15 is 0 Å². The number of carbonyl (C=O) groups is 1. The van der Waals surface area contributed by atoms with Crippen molar-refractivity contribution in [2.75, 3.05) is 52.4 Å². The average molecular weight is 381 g/mol. The molecule has 2 aliphatic heterocycles. The van der Waals surface area contributed by atoms with Gasteiger partial charge in [0.25, 0.3) is 0 Å². The first-order valence-corrected chi connectivity index (χ1v) is 10.9. The summed E-state index contributed by atoms with van der Waals surface area (Å²) in [5.74, 6) is 0.904. The predicted octanol–water partition coefficient (Wildman–Crippen LogP) is 1.00. The molecule has 1 atom stereocenters. The van der Waals surface area contributed by atoms with Crippen LogP contribution >= 0.6 is 0 Å². The Morgan fingerprint density at radius 1 is 1.11 bits per heavy atom. The van der Waals surface area contributed by atoms with Gasteiger partial charge < -0.3 is 21.3 Å². The van der Waals surface area contributed by atoms with Gasteiger partial charge in [-0.25, -0.2) is 0 Å². The standard InChI is InChI=1S/C20H40N6O/c1-3-22-20(24-16-18-8-7-13-26(18)4-2)23-11-5-6-12-25-14-9-17(10-15-25)19(21)27/h17-18H,3-16H2,1-2H3,(H2,21,27)(H2,22,23,24). The summed E-state index contributed by atoms with van der Waals surface area (Å²) in [7, 11) is 0. The molecule has 2 aliphatic rings. The van der Waals surface area contributed by atoms with Gasteiger partial charge in [0.15, 0.2) is 5.96 Å². The third-order valence-electron chi connectivity index (χ3n) is 5.89. The maximum absolute atomic E-state index is 11.2. The molecule has 4 N–H and O–H groups in total. The molecular weight excluding hydrogens is 340 g/mol. The van der Waals surface area contributed by atoms with E-state index in [1.165, 1.54) is 25.8 Å². The van der Waals surface area contributed by atoms with Crippen LogP contribution in [0.4, 0.5) is 0 Å². The molecule has 7 nitrogen and oxygen atoms in total. The van der Waals surface area contributed by atoms with Gasteiger partial charge in [-0.1, -0.05) is 6.92 Å². The topological polar surface area (TPSA) is 86.0 Å². The zero-order chi connectivity index (χ0) is 19.5. The number of amides is 1. The monoisotopic (exact) mass is 380 g/mol. The molecule has 2 rings (SSSR count). The van der Waals surface area contributed by atoms with Crippen LogP contribution in [-0.2, 0) is 4.79 Å². The van der Waals surface area contributed by atoms with Crippen molar-refractivity contribution in [3.8, 4) is 0 Å². The number of nitrogens with zero attached hydrogens (tertiary/aromatic N) is 3. The Balaban J connectivity index is 1.60. The van der Waals surface area contributed by atoms with Gasteiger partial charge in [-0.15, -0.1) is 0 Å². The molecule has 0 aromatic rings. The third-order valence-corrected chi connectivity index (χ3v) is 5.89. The minimum absolute atomic E-state index is 0.0882. The summed E-state index contributed by atoms with van der Waals surface area (Å²) >= 11 is 0. The van der Waals surface area contributed by atoms with Crippen molar-refractivity contribution in [1.29, 1.82) is 0 Å². The lowest BCUT2D eigenvalue weighted by Crippen LogP contribution is -2.40. The molecule has 2 fully saturated rings. The lowest BCUT2D eigenvalue weighted by molar-refractivity contribution is -0.123. The Kier molecular flexibility index (Phi) is 9.91. The Morgan fingerprint density at radius 2 is 1.89 bits per heavy atom. The van der Waals surface area contributed by atoms with E-state index in [1.807, 2.05) is 0 Å². The van der Waals surface area contributed by atoms with Crippen molar-refractivity contribution in [3.05, 3.63) is 0 Å². The Labute approximate surface area is 165 Å². The second kappa shape index (κ2) is 12.2. The molecule has 0 aliphatic carbocycles. The van der Waals surface area contributed by atoms with Crippen LogP contribution in [0.25, 0.3) is 0 Å². The van der Waals surface area contributed by atoms with Crippen molar-refractivity contribution >= 4 is 11.9 Å². The summed E-state index contributed by atoms with van der Waals surface area (Å²) < 4.78 is 0. The lowest BCUT2D eigenvalue weighted by atomic mass is 9.96. The molecular formula is C20H40N6O. The predicted molar refractivity (Wildman–Crippen MR) is 112 cm³/mol. The van der Waals surface area contributed by atoms with Gasteiger partial charge in [-0.2, -0.15) is 0 Å². The highest BCUT2D eigenvalue weighted by atomic mass is 16.1. The molecule has 1 unspecified atom stereocenters. The quantitative estimate of drug-likeness (QED) is 0.299. The largest absolute Gasteiger partial charge is 0.369 e. The van der Waals surface area contributed by atoms with E-state index in [4.69, 9.17) is 10.7 Å². The lowest BCUT2D eigenvalue weighted by Gasteiger charge is -2.30. The van der Waals surface area contributed by atoms with E-state index in [0.717, 1.165) is 71.0 Å². The van der Waals surface area contributed by atoms with Crippen molar-refractivity contribution in [1.82, 2.24) is 20.4 Å². The van der Waals surface area contributed by atoms with Crippen LogP contribution in [-0.4, -0.2) is 80.1 Å². The Morgan fingerprint density at radius 3 is 2.56 bits per heavy atom. The second-order valence-corrected chi connectivity index (χ2v) is 7.80. The minimum atomic E-state index is -0.131. The maximum atomic E-state index is 11.2. The zero-order valence-electron chi connectivity index (χ0n) is 17.4. The molecule has 156 valence electrons. The van der Waals surface area contributed by atoms with E-state index in [9.17, 15) is 4.79 Å². The smallest absolute Gasteiger partial charge is 0.220 e. The third kappa shape index (κ3) is 7.66. The number of unbranched alkanes of at least 4 members (excludes halogenated alkanes) is 1. The fourth-order valence-corrected chi connectivity index (χ4v) is 4.16. The number of nitrogens with two attached hydrogens (primary N) is 1. The van der Waals surface area contributed by atoms with Crippen molar-refractivity contribution < 1.29 is 4.79 Å². The highest BCUT2D eigenvalue weighted by molar-refractivity contribution is 5.79. The molecule has 7 heteroatoms. The van der Waals surface area contributed by atoms with Crippen LogP contribution in [0.2, 0.25) is 0 Å². The number of primary amides is 1. The van der Waals surface area contributed by atoms with Crippen LogP contribution in [0.5, 0.6) is 0 Å². The van der Waals surface area contributed by atoms with E-state index in [-0.39, 0.29) is 11.8 Å². The van der Waals surface area contributed by atoms with E-state index < -0.39 is 0 Å². The average Bonchev–Trinajstić information content (AvgIpc) is 3.13. The number of piperidine rings is 1. The van der Waals surface area contributed by atoms with Crippen LogP contribution in [0.3, 0.4) is 0 Å². The maximum Gasteiger partial charge on any atom is 0.220 e. The van der Waals surface area contributed by atoms with Gasteiger partial charge in [0, 0.05) is 25.0 Å². The number of likely N-dealkylation sites (tertiary alicyclic amines) is 2. The first-order valence-electron chi connectivity index (χ1n) is 10.9. The molecule has 0 saturated carbocycles. The normalized spacial score (nSPS) is 22.9. The van der Waals surface area contributed by atoms with E-state index in [2.05, 4.69) is 34.3 Å². The highest BCUT2D eigenvalue weighted by Crippen LogP contribution is 2.17. The summed E-state index contributed by atoms with van der Waals surface area (Å²) in [6, 6.07) is 0.605. The molecule has 0 radical (unpaired) electrons. The number of aliphatic imine (C=N–C) groups is 1. The molecule has 0 aromatic carbocycles. The fraction of sp³-hybridized carbons (Fsp3) is 0.900. The molecule has 2 heterocycles. The molecule has 27 heavy (non-hydrogen) atoms. The van der Waals surface area contributed by atoms with Gasteiger partial charge in [-0.05, 0) is 78.2 Å². The number of nitrogens with one attached hydrogen (secondary N) is 2. The van der Waals surface area contributed by atoms with Gasteiger partial charge >= 0.3 is 0 Å². The molecule has 0 spiro atoms. The van der Waals surface area contributed by atoms with Gasteiger partial charge in [0.05, 0.1) is 6.54 Å². The summed E-state index contributed by atoms with van der Waals surface area (Å²) in [5.41, 5.74) is 5.40. The van der Waals surface area contributed by atoms with Crippen LogP contribution in [0, 0.1) is 5.92 Å². The van der Waals surface area contributed by atoms with Gasteiger partial charge in [-0.3, -0.25) is 14.7 Å².